The van der Waals surface area contributed by atoms with Crippen LogP contribution in [0.1, 0.15) is 76.7 Å². The van der Waals surface area contributed by atoms with Gasteiger partial charge in [0.25, 0.3) is 5.91 Å². The molecule has 1 fully saturated rings. The fourth-order valence-corrected chi connectivity index (χ4v) is 4.95. The first kappa shape index (κ1) is 34.8. The van der Waals surface area contributed by atoms with Gasteiger partial charge in [-0.2, -0.15) is 8.78 Å². The average Bonchev–Trinajstić information content (AvgIpc) is 2.93. The number of hydrogen-bond acceptors (Lipinski definition) is 6. The quantitative estimate of drug-likeness (QED) is 0.230. The summed E-state index contributed by atoms with van der Waals surface area (Å²) in [4.78, 5) is 40.8. The van der Waals surface area contributed by atoms with E-state index in [-0.39, 0.29) is 17.4 Å². The van der Waals surface area contributed by atoms with E-state index >= 15 is 0 Å². The predicted molar refractivity (Wildman–Crippen MR) is 154 cm³/mol. The van der Waals surface area contributed by atoms with Crippen molar-refractivity contribution in [3.05, 3.63) is 64.7 Å². The SMILES string of the molecule is CC(C)(C)OC(=O)C[C@H](NC(=O)C1CCN(C(=O)c2ccccc2C(C)(C)C)CC1)C(O)COc1c(F)c(F)cc(F)c1F. The zero-order valence-electron chi connectivity index (χ0n) is 25.8. The summed E-state index contributed by atoms with van der Waals surface area (Å²) in [6, 6.07) is 6.06. The molecule has 1 saturated heterocycles. The second-order valence-corrected chi connectivity index (χ2v) is 12.9. The summed E-state index contributed by atoms with van der Waals surface area (Å²) < 4.78 is 65.5. The van der Waals surface area contributed by atoms with Crippen LogP contribution >= 0.6 is 0 Å². The first-order chi connectivity index (χ1) is 20.4. The van der Waals surface area contributed by atoms with E-state index in [1.54, 1.807) is 37.8 Å². The van der Waals surface area contributed by atoms with Crippen molar-refractivity contribution in [2.75, 3.05) is 19.7 Å². The second-order valence-electron chi connectivity index (χ2n) is 12.9. The van der Waals surface area contributed by atoms with E-state index in [0.717, 1.165) is 5.56 Å². The van der Waals surface area contributed by atoms with Gasteiger partial charge in [-0.3, -0.25) is 14.4 Å². The number of ether oxygens (including phenoxy) is 2. The fourth-order valence-electron chi connectivity index (χ4n) is 4.95. The van der Waals surface area contributed by atoms with E-state index in [1.807, 2.05) is 32.9 Å². The van der Waals surface area contributed by atoms with Gasteiger partial charge in [-0.15, -0.1) is 0 Å². The smallest absolute Gasteiger partial charge is 0.308 e. The molecule has 44 heavy (non-hydrogen) atoms. The van der Waals surface area contributed by atoms with Crippen LogP contribution in [0.25, 0.3) is 0 Å². The van der Waals surface area contributed by atoms with Crippen LogP contribution in [0.2, 0.25) is 0 Å². The fraction of sp³-hybridized carbons (Fsp3) is 0.531. The molecule has 8 nitrogen and oxygen atoms in total. The van der Waals surface area contributed by atoms with Gasteiger partial charge in [-0.05, 0) is 50.7 Å². The minimum Gasteiger partial charge on any atom is -0.485 e. The molecule has 2 amide bonds. The second kappa shape index (κ2) is 14.0. The molecule has 0 spiro atoms. The Hall–Kier alpha value is -3.67. The molecular weight excluding hydrogens is 584 g/mol. The molecule has 2 atom stereocenters. The van der Waals surface area contributed by atoms with Crippen LogP contribution in [-0.4, -0.2) is 65.2 Å². The third-order valence-corrected chi connectivity index (χ3v) is 7.19. The van der Waals surface area contributed by atoms with Crippen molar-refractivity contribution in [2.24, 2.45) is 5.92 Å². The van der Waals surface area contributed by atoms with Gasteiger partial charge in [0.15, 0.2) is 17.4 Å². The number of carbonyl (C=O) groups excluding carboxylic acids is 3. The Morgan fingerprint density at radius 3 is 2.09 bits per heavy atom. The van der Waals surface area contributed by atoms with Crippen molar-refractivity contribution in [3.63, 3.8) is 0 Å². The summed E-state index contributed by atoms with van der Waals surface area (Å²) in [7, 11) is 0. The summed E-state index contributed by atoms with van der Waals surface area (Å²) in [6.45, 7) is 10.6. The van der Waals surface area contributed by atoms with Crippen LogP contribution in [0.5, 0.6) is 5.75 Å². The normalized spacial score (nSPS) is 15.8. The number of hydrogen-bond donors (Lipinski definition) is 2. The highest BCUT2D eigenvalue weighted by Crippen LogP contribution is 2.29. The van der Waals surface area contributed by atoms with Crippen LogP contribution < -0.4 is 10.1 Å². The topological polar surface area (TPSA) is 105 Å². The molecule has 3 rings (SSSR count). The lowest BCUT2D eigenvalue weighted by atomic mass is 9.83. The van der Waals surface area contributed by atoms with Crippen molar-refractivity contribution < 1.29 is 46.5 Å². The predicted octanol–water partition coefficient (Wildman–Crippen LogP) is 5.05. The largest absolute Gasteiger partial charge is 0.485 e. The van der Waals surface area contributed by atoms with E-state index in [2.05, 4.69) is 5.32 Å². The first-order valence-corrected chi connectivity index (χ1v) is 14.4. The first-order valence-electron chi connectivity index (χ1n) is 14.4. The van der Waals surface area contributed by atoms with Crippen LogP contribution in [0.15, 0.2) is 30.3 Å². The third-order valence-electron chi connectivity index (χ3n) is 7.19. The van der Waals surface area contributed by atoms with Gasteiger partial charge in [-0.25, -0.2) is 8.78 Å². The van der Waals surface area contributed by atoms with Gasteiger partial charge in [0.2, 0.25) is 17.5 Å². The van der Waals surface area contributed by atoms with Crippen LogP contribution in [0.4, 0.5) is 17.6 Å². The molecule has 242 valence electrons. The monoisotopic (exact) mass is 624 g/mol. The maximum atomic E-state index is 14.1. The van der Waals surface area contributed by atoms with Crippen LogP contribution in [0.3, 0.4) is 0 Å². The van der Waals surface area contributed by atoms with Crippen molar-refractivity contribution in [1.29, 1.82) is 0 Å². The number of carbonyl (C=O) groups is 3. The number of nitrogens with one attached hydrogen (secondary N) is 1. The zero-order chi connectivity index (χ0) is 33.0. The highest BCUT2D eigenvalue weighted by molar-refractivity contribution is 5.96. The maximum absolute atomic E-state index is 14.1. The Kier molecular flexibility index (Phi) is 11.0. The highest BCUT2D eigenvalue weighted by atomic mass is 19.2. The van der Waals surface area contributed by atoms with Gasteiger partial charge in [0, 0.05) is 30.6 Å². The summed E-state index contributed by atoms with van der Waals surface area (Å²) in [6.07, 6.45) is -1.65. The van der Waals surface area contributed by atoms with Gasteiger partial charge < -0.3 is 24.8 Å². The number of halogens is 4. The Balaban J connectivity index is 1.69. The Bertz CT molecular complexity index is 1340. The van der Waals surface area contributed by atoms with E-state index in [4.69, 9.17) is 9.47 Å². The lowest BCUT2D eigenvalue weighted by Gasteiger charge is -2.34. The molecule has 1 heterocycles. The molecule has 2 aromatic rings. The third kappa shape index (κ3) is 8.93. The molecular formula is C32H40F4N2O6. The van der Waals surface area contributed by atoms with E-state index in [9.17, 15) is 37.1 Å². The van der Waals surface area contributed by atoms with Crippen molar-refractivity contribution in [1.82, 2.24) is 10.2 Å². The molecule has 0 saturated carbocycles. The Labute approximate surface area is 254 Å². The number of aliphatic hydroxyl groups is 1. The highest BCUT2D eigenvalue weighted by Gasteiger charge is 2.34. The number of piperidine rings is 1. The molecule has 1 aliphatic rings. The van der Waals surface area contributed by atoms with Gasteiger partial charge >= 0.3 is 5.97 Å². The zero-order valence-corrected chi connectivity index (χ0v) is 25.8. The molecule has 1 aliphatic heterocycles. The standard InChI is InChI=1S/C32H40F4N2O6/c1-31(2,3)20-10-8-7-9-19(20)30(42)38-13-11-18(12-14-38)29(41)37-23(16-25(40)44-32(4,5)6)24(39)17-43-28-26(35)21(33)15-22(34)27(28)36/h7-10,15,18,23-24,39H,11-14,16-17H2,1-6H3,(H,37,41)/t23-,24?/m0/s1. The maximum Gasteiger partial charge on any atom is 0.308 e. The number of rotatable bonds is 9. The summed E-state index contributed by atoms with van der Waals surface area (Å²) in [5, 5.41) is 13.4. The number of esters is 1. The number of benzene rings is 2. The average molecular weight is 625 g/mol. The van der Waals surface area contributed by atoms with Gasteiger partial charge in [-0.1, -0.05) is 39.0 Å². The molecule has 0 aliphatic carbocycles. The molecule has 0 bridgehead atoms. The summed E-state index contributed by atoms with van der Waals surface area (Å²) >= 11 is 0. The number of likely N-dealkylation sites (tertiary alicyclic amines) is 1. The molecule has 2 aromatic carbocycles. The molecule has 0 radical (unpaired) electrons. The van der Waals surface area contributed by atoms with Crippen molar-refractivity contribution >= 4 is 17.8 Å². The number of aliphatic hydroxyl groups excluding tert-OH is 1. The van der Waals surface area contributed by atoms with Gasteiger partial charge in [0.1, 0.15) is 18.3 Å². The lowest BCUT2D eigenvalue weighted by molar-refractivity contribution is -0.156. The Morgan fingerprint density at radius 1 is 0.977 bits per heavy atom. The number of amides is 2. The molecule has 12 heteroatoms. The summed E-state index contributed by atoms with van der Waals surface area (Å²) in [5.74, 6) is -10.4. The minimum absolute atomic E-state index is 0.0156. The van der Waals surface area contributed by atoms with Crippen LogP contribution in [0, 0.1) is 29.2 Å². The van der Waals surface area contributed by atoms with Crippen molar-refractivity contribution in [2.45, 2.75) is 84.0 Å². The summed E-state index contributed by atoms with van der Waals surface area (Å²) in [5.41, 5.74) is 0.364. The van der Waals surface area contributed by atoms with Crippen molar-refractivity contribution in [3.8, 4) is 5.75 Å². The molecule has 0 aromatic heterocycles. The molecule has 2 N–H and O–H groups in total. The number of nitrogens with zero attached hydrogens (tertiary/aromatic N) is 1. The van der Waals surface area contributed by atoms with E-state index in [1.165, 1.54) is 0 Å². The lowest BCUT2D eigenvalue weighted by Crippen LogP contribution is -2.51. The van der Waals surface area contributed by atoms with E-state index in [0.29, 0.717) is 31.5 Å². The van der Waals surface area contributed by atoms with Gasteiger partial charge in [0.05, 0.1) is 12.5 Å². The Morgan fingerprint density at radius 2 is 1.55 bits per heavy atom. The van der Waals surface area contributed by atoms with Crippen LogP contribution in [-0.2, 0) is 19.7 Å². The van der Waals surface area contributed by atoms with E-state index < -0.39 is 77.6 Å². The molecule has 1 unspecified atom stereocenters. The minimum atomic E-state index is -1.80.